The zero-order chi connectivity index (χ0) is 25.5. The molecule has 3 unspecified atom stereocenters. The van der Waals surface area contributed by atoms with Crippen molar-refractivity contribution in [3.8, 4) is 0 Å². The highest BCUT2D eigenvalue weighted by atomic mass is 32.2. The Hall–Kier alpha value is -2.26. The van der Waals surface area contributed by atoms with Gasteiger partial charge in [0, 0.05) is 23.7 Å². The lowest BCUT2D eigenvalue weighted by atomic mass is 9.89. The summed E-state index contributed by atoms with van der Waals surface area (Å²) in [6, 6.07) is 4.89. The number of thioether (sulfide) groups is 2. The van der Waals surface area contributed by atoms with Crippen molar-refractivity contribution in [1.82, 2.24) is 15.1 Å². The number of aliphatic carboxylic acids is 2. The molecule has 4 rings (SSSR count). The lowest BCUT2D eigenvalue weighted by Crippen LogP contribution is -2.74. The second kappa shape index (κ2) is 10.0. The molecule has 1 amide bonds. The third-order valence-corrected chi connectivity index (χ3v) is 10.00. The molecule has 2 saturated heterocycles. The van der Waals surface area contributed by atoms with Crippen molar-refractivity contribution in [3.05, 3.63) is 34.8 Å². The number of β-lactam (4-membered cyclic amide) rings is 1. The first-order chi connectivity index (χ1) is 16.5. The number of fused-ring (bicyclic) bond motifs is 1. The van der Waals surface area contributed by atoms with Crippen molar-refractivity contribution in [1.29, 1.82) is 0 Å². The topological polar surface area (TPSA) is 150 Å². The van der Waals surface area contributed by atoms with E-state index in [1.807, 2.05) is 6.92 Å². The van der Waals surface area contributed by atoms with E-state index in [4.69, 9.17) is 23.1 Å². The van der Waals surface area contributed by atoms with E-state index >= 15 is 0 Å². The number of hydrogen-bond acceptors (Lipinski definition) is 10. The first-order valence-corrected chi connectivity index (χ1v) is 13.8. The van der Waals surface area contributed by atoms with E-state index < -0.39 is 29.4 Å². The number of carbonyl (C=O) groups excluding carboxylic acids is 1. The standard InChI is InChI=1S/C21H23N5O5S4/c1-10-23-24-20(35-10)34-9-21(19(30)31)7-25-16(27)15(17(25)33-8-21)26(11(2)32)13-5-3-12(4-6-13)14(22)18(28)29/h3-6,14-15,17H,7-9,22H2,1-2H3,(H,28,29)(H,30,31)/t14?,15?,17-,21?/m1/s1. The predicted molar refractivity (Wildman–Crippen MR) is 139 cm³/mol. The van der Waals surface area contributed by atoms with Gasteiger partial charge in [0.2, 0.25) is 5.91 Å². The van der Waals surface area contributed by atoms with Gasteiger partial charge in [-0.3, -0.25) is 14.4 Å². The van der Waals surface area contributed by atoms with Crippen LogP contribution in [0.15, 0.2) is 28.6 Å². The largest absolute Gasteiger partial charge is 0.481 e. The van der Waals surface area contributed by atoms with Crippen LogP contribution in [0.4, 0.5) is 5.69 Å². The molecule has 2 fully saturated rings. The number of rotatable bonds is 8. The van der Waals surface area contributed by atoms with E-state index in [0.29, 0.717) is 26.3 Å². The summed E-state index contributed by atoms with van der Waals surface area (Å²) < 4.78 is 0.705. The molecule has 1 aromatic carbocycles. The number of nitrogens with two attached hydrogens (primary N) is 1. The molecule has 35 heavy (non-hydrogen) atoms. The number of nitrogens with zero attached hydrogens (tertiary/aromatic N) is 4. The van der Waals surface area contributed by atoms with E-state index in [2.05, 4.69) is 10.2 Å². The van der Waals surface area contributed by atoms with Crippen LogP contribution in [0.1, 0.15) is 23.5 Å². The van der Waals surface area contributed by atoms with Gasteiger partial charge in [0.1, 0.15) is 27.9 Å². The number of thiocarbonyl (C=S) groups is 1. The van der Waals surface area contributed by atoms with Crippen molar-refractivity contribution in [2.45, 2.75) is 35.6 Å². The molecule has 2 aliphatic heterocycles. The average molecular weight is 554 g/mol. The molecule has 1 aromatic heterocycles. The summed E-state index contributed by atoms with van der Waals surface area (Å²) in [6.07, 6.45) is 0. The fourth-order valence-corrected chi connectivity index (χ4v) is 7.99. The number of carboxylic acid groups (broad SMARTS) is 2. The molecule has 0 radical (unpaired) electrons. The number of carbonyl (C=O) groups is 3. The minimum atomic E-state index is -1.15. The SMILES string of the molecule is CC(=S)N(c1ccc(C(N)C(=O)O)cc1)C1C(=O)N2CC(CSc3nnc(C)s3)(C(=O)O)CS[C@H]12. The molecule has 10 nitrogen and oxygen atoms in total. The number of aromatic nitrogens is 2. The fraction of sp³-hybridized carbons (Fsp3) is 0.429. The van der Waals surface area contributed by atoms with Gasteiger partial charge in [0.15, 0.2) is 4.34 Å². The summed E-state index contributed by atoms with van der Waals surface area (Å²) in [7, 11) is 0. The Morgan fingerprint density at radius 2 is 2.03 bits per heavy atom. The summed E-state index contributed by atoms with van der Waals surface area (Å²) >= 11 is 9.64. The van der Waals surface area contributed by atoms with Crippen LogP contribution in [-0.4, -0.2) is 77.6 Å². The molecule has 0 spiro atoms. The van der Waals surface area contributed by atoms with Crippen LogP contribution in [0.5, 0.6) is 0 Å². The van der Waals surface area contributed by atoms with Crippen LogP contribution < -0.4 is 10.6 Å². The van der Waals surface area contributed by atoms with Crippen LogP contribution in [0.3, 0.4) is 0 Å². The van der Waals surface area contributed by atoms with Crippen molar-refractivity contribution in [3.63, 3.8) is 0 Å². The maximum atomic E-state index is 13.3. The number of benzene rings is 1. The number of anilines is 1. The van der Waals surface area contributed by atoms with Gasteiger partial charge in [0.05, 0.1) is 4.99 Å². The third-order valence-electron chi connectivity index (χ3n) is 5.96. The molecule has 4 N–H and O–H groups in total. The molecule has 3 heterocycles. The molecule has 2 aromatic rings. The first-order valence-electron chi connectivity index (χ1n) is 10.5. The number of carboxylic acids is 2. The fourth-order valence-electron chi connectivity index (χ4n) is 4.05. The van der Waals surface area contributed by atoms with Gasteiger partial charge in [-0.05, 0) is 31.5 Å². The second-order valence-electron chi connectivity index (χ2n) is 8.37. The van der Waals surface area contributed by atoms with Gasteiger partial charge in [-0.25, -0.2) is 0 Å². The Bertz CT molecular complexity index is 1180. The highest BCUT2D eigenvalue weighted by Crippen LogP contribution is 2.46. The average Bonchev–Trinajstić information content (AvgIpc) is 3.25. The normalized spacial score (nSPS) is 24.3. The highest BCUT2D eigenvalue weighted by molar-refractivity contribution is 8.01. The Balaban J connectivity index is 1.51. The van der Waals surface area contributed by atoms with Crippen LogP contribution in [0.25, 0.3) is 0 Å². The number of hydrogen-bond donors (Lipinski definition) is 3. The predicted octanol–water partition coefficient (Wildman–Crippen LogP) is 2.23. The van der Waals surface area contributed by atoms with Gasteiger partial charge in [-0.2, -0.15) is 0 Å². The van der Waals surface area contributed by atoms with E-state index in [-0.39, 0.29) is 23.6 Å². The minimum Gasteiger partial charge on any atom is -0.481 e. The van der Waals surface area contributed by atoms with Crippen molar-refractivity contribution >= 4 is 75.6 Å². The monoisotopic (exact) mass is 553 g/mol. The Labute approximate surface area is 219 Å². The van der Waals surface area contributed by atoms with E-state index in [1.54, 1.807) is 41.0 Å². The number of aryl methyl sites for hydroxylation is 1. The van der Waals surface area contributed by atoms with Gasteiger partial charge in [0.25, 0.3) is 0 Å². The molecule has 0 saturated carbocycles. The summed E-state index contributed by atoms with van der Waals surface area (Å²) in [5, 5.41) is 27.8. The quantitative estimate of drug-likeness (QED) is 0.250. The zero-order valence-corrected chi connectivity index (χ0v) is 22.0. The van der Waals surface area contributed by atoms with Crippen molar-refractivity contribution < 1.29 is 24.6 Å². The van der Waals surface area contributed by atoms with Crippen LogP contribution in [0.2, 0.25) is 0 Å². The Morgan fingerprint density at radius 1 is 1.34 bits per heavy atom. The Kier molecular flexibility index (Phi) is 7.38. The summed E-state index contributed by atoms with van der Waals surface area (Å²) in [4.78, 5) is 40.5. The molecule has 2 aliphatic rings. The molecular weight excluding hydrogens is 531 g/mol. The zero-order valence-electron chi connectivity index (χ0n) is 18.8. The summed E-state index contributed by atoms with van der Waals surface area (Å²) in [5.74, 6) is -1.65. The van der Waals surface area contributed by atoms with E-state index in [9.17, 15) is 19.5 Å². The lowest BCUT2D eigenvalue weighted by Gasteiger charge is -2.56. The van der Waals surface area contributed by atoms with Crippen LogP contribution in [-0.2, 0) is 14.4 Å². The van der Waals surface area contributed by atoms with Gasteiger partial charge in [-0.1, -0.05) is 47.4 Å². The number of amides is 1. The first kappa shape index (κ1) is 25.8. The highest BCUT2D eigenvalue weighted by Gasteiger charge is 2.59. The van der Waals surface area contributed by atoms with Gasteiger partial charge >= 0.3 is 11.9 Å². The molecule has 0 aliphatic carbocycles. The second-order valence-corrected chi connectivity index (χ2v) is 12.5. The van der Waals surface area contributed by atoms with Crippen LogP contribution in [0, 0.1) is 12.3 Å². The maximum Gasteiger partial charge on any atom is 0.325 e. The van der Waals surface area contributed by atoms with Crippen molar-refractivity contribution in [2.75, 3.05) is 23.0 Å². The smallest absolute Gasteiger partial charge is 0.325 e. The molecular formula is C21H23N5O5S4. The molecule has 14 heteroatoms. The minimum absolute atomic E-state index is 0.108. The summed E-state index contributed by atoms with van der Waals surface area (Å²) in [5.41, 5.74) is 5.67. The molecule has 4 atom stereocenters. The summed E-state index contributed by atoms with van der Waals surface area (Å²) in [6.45, 7) is 3.67. The lowest BCUT2D eigenvalue weighted by molar-refractivity contribution is -0.155. The third kappa shape index (κ3) is 4.89. The van der Waals surface area contributed by atoms with E-state index in [1.165, 1.54) is 34.9 Å². The van der Waals surface area contributed by atoms with Crippen molar-refractivity contribution in [2.24, 2.45) is 11.1 Å². The Morgan fingerprint density at radius 3 is 2.57 bits per heavy atom. The van der Waals surface area contributed by atoms with Crippen LogP contribution >= 0.6 is 47.1 Å². The van der Waals surface area contributed by atoms with Gasteiger partial charge < -0.3 is 25.7 Å². The molecule has 0 bridgehead atoms. The maximum absolute atomic E-state index is 13.3. The van der Waals surface area contributed by atoms with Gasteiger partial charge in [-0.15, -0.1) is 22.0 Å². The molecule has 186 valence electrons. The van der Waals surface area contributed by atoms with E-state index in [0.717, 1.165) is 5.01 Å².